The lowest BCUT2D eigenvalue weighted by Crippen LogP contribution is -2.30. The summed E-state index contributed by atoms with van der Waals surface area (Å²) in [5.41, 5.74) is 0. The van der Waals surface area contributed by atoms with Gasteiger partial charge in [-0.25, -0.2) is 9.13 Å². The van der Waals surface area contributed by atoms with Crippen LogP contribution < -0.4 is 0 Å². The van der Waals surface area contributed by atoms with Crippen LogP contribution in [-0.4, -0.2) is 96.7 Å². The highest BCUT2D eigenvalue weighted by Crippen LogP contribution is 2.45. The standard InChI is InChI=1S/C77H150O17P2/c1-7-9-11-13-15-17-19-30-37-43-49-55-61-76(81)93-72(65-87-74(79)59-53-47-41-35-27-18-16-14-12-10-8-2)67-91-95(83,84)89-63-71(78)64-90-96(85,86)92-68-73(66-88-75(80)60-54-48-42-36-31-26-25-29-34-40-46-52-58-70(5)6)94-77(82)62-56-50-44-38-32-24-22-20-21-23-28-33-39-45-51-57-69(3)4/h69-73,78H,7-68H2,1-6H3,(H,83,84)(H,85,86)/t71-,72+,73+/m0/s1. The fraction of sp³-hybridized carbons (Fsp3) is 0.948. The van der Waals surface area contributed by atoms with Crippen molar-refractivity contribution >= 4 is 39.5 Å². The number of ether oxygens (including phenoxy) is 4. The summed E-state index contributed by atoms with van der Waals surface area (Å²) < 4.78 is 68.6. The van der Waals surface area contributed by atoms with E-state index in [2.05, 4.69) is 41.5 Å². The molecular weight excluding hydrogens is 1260 g/mol. The number of phosphoric ester groups is 2. The summed E-state index contributed by atoms with van der Waals surface area (Å²) in [6, 6.07) is 0. The molecule has 570 valence electrons. The Balaban J connectivity index is 5.24. The smallest absolute Gasteiger partial charge is 0.462 e. The molecule has 0 rings (SSSR count). The second-order valence-corrected chi connectivity index (χ2v) is 31.6. The second kappa shape index (κ2) is 68.8. The third-order valence-electron chi connectivity index (χ3n) is 18.0. The van der Waals surface area contributed by atoms with Gasteiger partial charge in [-0.2, -0.15) is 0 Å². The van der Waals surface area contributed by atoms with Crippen molar-refractivity contribution in [2.75, 3.05) is 39.6 Å². The van der Waals surface area contributed by atoms with E-state index in [0.717, 1.165) is 102 Å². The summed E-state index contributed by atoms with van der Waals surface area (Å²) in [6.07, 6.45) is 56.7. The number of aliphatic hydroxyl groups excluding tert-OH is 1. The van der Waals surface area contributed by atoms with Crippen LogP contribution in [0.15, 0.2) is 0 Å². The van der Waals surface area contributed by atoms with Crippen LogP contribution in [0.25, 0.3) is 0 Å². The largest absolute Gasteiger partial charge is 0.472 e. The van der Waals surface area contributed by atoms with Gasteiger partial charge in [0, 0.05) is 25.7 Å². The molecule has 0 aliphatic rings. The molecule has 2 unspecified atom stereocenters. The molecule has 0 aromatic rings. The minimum Gasteiger partial charge on any atom is -0.462 e. The van der Waals surface area contributed by atoms with Gasteiger partial charge in [0.1, 0.15) is 19.3 Å². The highest BCUT2D eigenvalue weighted by molar-refractivity contribution is 7.47. The van der Waals surface area contributed by atoms with E-state index in [9.17, 15) is 43.2 Å². The first-order valence-electron chi connectivity index (χ1n) is 40.0. The van der Waals surface area contributed by atoms with Gasteiger partial charge in [0.2, 0.25) is 0 Å². The van der Waals surface area contributed by atoms with Crippen molar-refractivity contribution in [3.63, 3.8) is 0 Å². The number of carbonyl (C=O) groups is 4. The van der Waals surface area contributed by atoms with E-state index < -0.39 is 97.5 Å². The lowest BCUT2D eigenvalue weighted by molar-refractivity contribution is -0.161. The molecule has 0 aliphatic heterocycles. The summed E-state index contributed by atoms with van der Waals surface area (Å²) in [4.78, 5) is 72.9. The molecule has 0 spiro atoms. The van der Waals surface area contributed by atoms with Crippen LogP contribution in [0.4, 0.5) is 0 Å². The number of hydrogen-bond donors (Lipinski definition) is 3. The molecule has 19 heteroatoms. The van der Waals surface area contributed by atoms with Gasteiger partial charge >= 0.3 is 39.5 Å². The molecule has 3 N–H and O–H groups in total. The Morgan fingerprint density at radius 2 is 0.479 bits per heavy atom. The van der Waals surface area contributed by atoms with E-state index in [0.29, 0.717) is 25.7 Å². The van der Waals surface area contributed by atoms with Gasteiger partial charge < -0.3 is 33.8 Å². The first-order valence-corrected chi connectivity index (χ1v) is 43.0. The van der Waals surface area contributed by atoms with Gasteiger partial charge in [0.05, 0.1) is 26.4 Å². The number of carbonyl (C=O) groups excluding carboxylic acids is 4. The molecule has 5 atom stereocenters. The van der Waals surface area contributed by atoms with Gasteiger partial charge in [-0.1, -0.05) is 350 Å². The molecule has 17 nitrogen and oxygen atoms in total. The molecule has 96 heavy (non-hydrogen) atoms. The Kier molecular flexibility index (Phi) is 67.4. The van der Waals surface area contributed by atoms with Crippen LogP contribution >= 0.6 is 15.6 Å². The Bertz CT molecular complexity index is 1860. The minimum absolute atomic E-state index is 0.108. The van der Waals surface area contributed by atoms with Crippen molar-refractivity contribution in [1.82, 2.24) is 0 Å². The molecule has 0 aromatic carbocycles. The fourth-order valence-electron chi connectivity index (χ4n) is 11.8. The van der Waals surface area contributed by atoms with Crippen molar-refractivity contribution in [1.29, 1.82) is 0 Å². The van der Waals surface area contributed by atoms with Gasteiger partial charge in [-0.3, -0.25) is 37.3 Å². The van der Waals surface area contributed by atoms with Crippen LogP contribution in [0.3, 0.4) is 0 Å². The number of hydrogen-bond acceptors (Lipinski definition) is 15. The lowest BCUT2D eigenvalue weighted by atomic mass is 10.0. The molecule has 0 saturated carbocycles. The van der Waals surface area contributed by atoms with E-state index in [1.165, 1.54) is 218 Å². The van der Waals surface area contributed by atoms with E-state index in [4.69, 9.17) is 37.0 Å². The topological polar surface area (TPSA) is 237 Å². The van der Waals surface area contributed by atoms with Gasteiger partial charge in [0.25, 0.3) is 0 Å². The zero-order chi connectivity index (χ0) is 70.7. The Morgan fingerprint density at radius 1 is 0.281 bits per heavy atom. The number of phosphoric acid groups is 2. The van der Waals surface area contributed by atoms with Crippen LogP contribution in [0, 0.1) is 11.8 Å². The van der Waals surface area contributed by atoms with Crippen molar-refractivity contribution in [3.8, 4) is 0 Å². The molecule has 0 aliphatic carbocycles. The second-order valence-electron chi connectivity index (χ2n) is 28.7. The average Bonchev–Trinajstić information content (AvgIpc) is 3.01. The highest BCUT2D eigenvalue weighted by atomic mass is 31.2. The van der Waals surface area contributed by atoms with E-state index >= 15 is 0 Å². The number of unbranched alkanes of at least 4 members (excludes halogenated alkanes) is 46. The maximum absolute atomic E-state index is 13.1. The normalized spacial score (nSPS) is 14.0. The summed E-state index contributed by atoms with van der Waals surface area (Å²) in [6.45, 7) is 9.64. The van der Waals surface area contributed by atoms with Crippen molar-refractivity contribution in [3.05, 3.63) is 0 Å². The molecule has 0 saturated heterocycles. The van der Waals surface area contributed by atoms with Crippen LogP contribution in [0.5, 0.6) is 0 Å². The zero-order valence-electron chi connectivity index (χ0n) is 62.7. The Hall–Kier alpha value is -1.94. The first-order chi connectivity index (χ1) is 46.4. The van der Waals surface area contributed by atoms with Crippen molar-refractivity contribution in [2.45, 2.75) is 419 Å². The first kappa shape index (κ1) is 94.1. The number of rotatable bonds is 76. The Labute approximate surface area is 588 Å². The number of aliphatic hydroxyl groups is 1. The third-order valence-corrected chi connectivity index (χ3v) is 19.9. The quantitative estimate of drug-likeness (QED) is 0.0222. The van der Waals surface area contributed by atoms with Gasteiger partial charge in [-0.15, -0.1) is 0 Å². The van der Waals surface area contributed by atoms with E-state index in [1.54, 1.807) is 0 Å². The SMILES string of the molecule is CCCCCCCCCCCCCCC(=O)O[C@H](COC(=O)CCCCCCCCCCCCC)COP(=O)(O)OC[C@H](O)COP(=O)(O)OC[C@@H](COC(=O)CCCCCCCCCCCCCCC(C)C)OC(=O)CCCCCCCCCCCCCCCCCC(C)C. The lowest BCUT2D eigenvalue weighted by Gasteiger charge is -2.21. The highest BCUT2D eigenvalue weighted by Gasteiger charge is 2.30. The van der Waals surface area contributed by atoms with Gasteiger partial charge in [0.15, 0.2) is 12.2 Å². The molecule has 0 fully saturated rings. The summed E-state index contributed by atoms with van der Waals surface area (Å²) in [7, 11) is -9.91. The fourth-order valence-corrected chi connectivity index (χ4v) is 13.4. The summed E-state index contributed by atoms with van der Waals surface area (Å²) >= 11 is 0. The van der Waals surface area contributed by atoms with Crippen LogP contribution in [0.1, 0.15) is 401 Å². The summed E-state index contributed by atoms with van der Waals surface area (Å²) in [5, 5.41) is 10.6. The predicted octanol–water partition coefficient (Wildman–Crippen LogP) is 22.7. The molecule has 0 radical (unpaired) electrons. The molecular formula is C77H150O17P2. The van der Waals surface area contributed by atoms with E-state index in [1.807, 2.05) is 0 Å². The van der Waals surface area contributed by atoms with Crippen LogP contribution in [0.2, 0.25) is 0 Å². The molecule has 0 amide bonds. The van der Waals surface area contributed by atoms with E-state index in [-0.39, 0.29) is 25.7 Å². The molecule has 0 heterocycles. The molecule has 0 aromatic heterocycles. The maximum Gasteiger partial charge on any atom is 0.472 e. The van der Waals surface area contributed by atoms with Gasteiger partial charge in [-0.05, 0) is 37.5 Å². The maximum atomic E-state index is 13.1. The Morgan fingerprint density at radius 3 is 0.708 bits per heavy atom. The van der Waals surface area contributed by atoms with Crippen molar-refractivity contribution in [2.24, 2.45) is 11.8 Å². The monoisotopic (exact) mass is 1410 g/mol. The number of esters is 4. The summed E-state index contributed by atoms with van der Waals surface area (Å²) in [5.74, 6) is -0.527. The molecule has 0 bridgehead atoms. The zero-order valence-corrected chi connectivity index (χ0v) is 64.5. The predicted molar refractivity (Wildman–Crippen MR) is 391 cm³/mol. The minimum atomic E-state index is -4.96. The third kappa shape index (κ3) is 70.5. The van der Waals surface area contributed by atoms with Crippen LogP contribution in [-0.2, 0) is 65.4 Å². The van der Waals surface area contributed by atoms with Crippen molar-refractivity contribution < 1.29 is 80.2 Å². The average molecular weight is 1410 g/mol.